The number of hydrogen-bond acceptors (Lipinski definition) is 4. The number of nitrogens with one attached hydrogen (secondary N) is 1. The Balaban J connectivity index is 1.23. The van der Waals surface area contributed by atoms with E-state index < -0.39 is 0 Å². The molecule has 1 N–H and O–H groups in total. The Kier molecular flexibility index (Phi) is 5.13. The van der Waals surface area contributed by atoms with Crippen molar-refractivity contribution in [1.29, 1.82) is 0 Å². The molecule has 1 aromatic carbocycles. The molecular formula is C23H26N4O4. The molecule has 162 valence electrons. The predicted octanol–water partition coefficient (Wildman–Crippen LogP) is 2.64. The molecule has 8 heteroatoms. The third kappa shape index (κ3) is 3.66. The van der Waals surface area contributed by atoms with Gasteiger partial charge in [-0.3, -0.25) is 14.2 Å². The molecule has 3 aromatic rings. The summed E-state index contributed by atoms with van der Waals surface area (Å²) in [5.41, 5.74) is 1.66. The first-order valence-corrected chi connectivity index (χ1v) is 10.9. The number of amides is 2. The highest BCUT2D eigenvalue weighted by atomic mass is 16.3. The number of para-hydroxylation sites is 2. The van der Waals surface area contributed by atoms with Crippen LogP contribution in [0.15, 0.2) is 51.9 Å². The van der Waals surface area contributed by atoms with Crippen LogP contribution in [0.4, 0.5) is 0 Å². The molecule has 2 fully saturated rings. The van der Waals surface area contributed by atoms with E-state index in [4.69, 9.17) is 4.42 Å². The van der Waals surface area contributed by atoms with Gasteiger partial charge in [0, 0.05) is 32.2 Å². The Morgan fingerprint density at radius 1 is 0.968 bits per heavy atom. The Hall–Kier alpha value is -3.29. The lowest BCUT2D eigenvalue weighted by molar-refractivity contribution is -0.138. The molecule has 2 aliphatic heterocycles. The number of carbonyl (C=O) groups excluding carboxylic acids is 2. The molecule has 2 saturated heterocycles. The third-order valence-corrected chi connectivity index (χ3v) is 6.56. The summed E-state index contributed by atoms with van der Waals surface area (Å²) in [7, 11) is 0. The third-order valence-electron chi connectivity index (χ3n) is 6.56. The summed E-state index contributed by atoms with van der Waals surface area (Å²) in [4.78, 5) is 44.8. The first-order valence-electron chi connectivity index (χ1n) is 10.9. The zero-order valence-electron chi connectivity index (χ0n) is 17.3. The van der Waals surface area contributed by atoms with Gasteiger partial charge in [0.05, 0.1) is 23.2 Å². The number of aromatic amines is 1. The zero-order chi connectivity index (χ0) is 21.4. The number of rotatable bonds is 3. The van der Waals surface area contributed by atoms with Crippen LogP contribution in [-0.2, 0) is 4.79 Å². The van der Waals surface area contributed by atoms with Crippen molar-refractivity contribution in [2.45, 2.75) is 31.7 Å². The average molecular weight is 422 g/mol. The molecule has 1 unspecified atom stereocenters. The average Bonchev–Trinajstić information content (AvgIpc) is 3.46. The van der Waals surface area contributed by atoms with E-state index in [1.54, 1.807) is 17.0 Å². The van der Waals surface area contributed by atoms with Gasteiger partial charge in [-0.1, -0.05) is 12.1 Å². The van der Waals surface area contributed by atoms with Crippen LogP contribution in [0.1, 0.15) is 42.3 Å². The van der Waals surface area contributed by atoms with Gasteiger partial charge < -0.3 is 19.2 Å². The molecule has 2 amide bonds. The maximum atomic E-state index is 13.2. The van der Waals surface area contributed by atoms with E-state index in [0.717, 1.165) is 36.7 Å². The minimum Gasteiger partial charge on any atom is -0.459 e. The molecule has 0 aliphatic carbocycles. The summed E-state index contributed by atoms with van der Waals surface area (Å²) >= 11 is 0. The number of imidazole rings is 1. The number of nitrogens with zero attached hydrogens (tertiary/aromatic N) is 3. The highest BCUT2D eigenvalue weighted by Gasteiger charge is 2.34. The predicted molar refractivity (Wildman–Crippen MR) is 115 cm³/mol. The molecule has 2 aromatic heterocycles. The normalized spacial score (nSPS) is 20.3. The highest BCUT2D eigenvalue weighted by Crippen LogP contribution is 2.27. The molecule has 2 aliphatic rings. The lowest BCUT2D eigenvalue weighted by Gasteiger charge is -2.37. The second kappa shape index (κ2) is 8.09. The topological polar surface area (TPSA) is 91.6 Å². The van der Waals surface area contributed by atoms with Gasteiger partial charge in [-0.05, 0) is 49.9 Å². The molecule has 0 radical (unpaired) electrons. The van der Waals surface area contributed by atoms with Crippen LogP contribution >= 0.6 is 0 Å². The summed E-state index contributed by atoms with van der Waals surface area (Å²) in [5, 5.41) is 0. The van der Waals surface area contributed by atoms with E-state index in [-0.39, 0.29) is 29.5 Å². The van der Waals surface area contributed by atoms with Crippen molar-refractivity contribution >= 4 is 22.8 Å². The van der Waals surface area contributed by atoms with Crippen LogP contribution in [0.5, 0.6) is 0 Å². The molecule has 0 bridgehead atoms. The molecule has 0 spiro atoms. The van der Waals surface area contributed by atoms with E-state index in [1.807, 2.05) is 33.7 Å². The van der Waals surface area contributed by atoms with Crippen molar-refractivity contribution in [1.82, 2.24) is 19.4 Å². The SMILES string of the molecule is O=C(c1ccco1)N1CCCC(C(=O)N2CCC(n3c(=O)[nH]c4ccccc43)CC2)C1. The molecule has 8 nitrogen and oxygen atoms in total. The summed E-state index contributed by atoms with van der Waals surface area (Å²) in [6.07, 6.45) is 4.58. The number of piperidine rings is 2. The number of aromatic nitrogens is 2. The Bertz CT molecular complexity index is 1140. The standard InChI is InChI=1S/C23H26N4O4/c28-21(16-5-3-11-26(15-16)22(29)20-8-4-14-31-20)25-12-9-17(10-13-25)27-19-7-2-1-6-18(19)24-23(27)30/h1-2,4,6-8,14,16-17H,3,5,9-13,15H2,(H,24,30). The van der Waals surface area contributed by atoms with Gasteiger partial charge in [-0.25, -0.2) is 4.79 Å². The quantitative estimate of drug-likeness (QED) is 0.702. The van der Waals surface area contributed by atoms with Crippen LogP contribution < -0.4 is 5.69 Å². The number of furan rings is 1. The Morgan fingerprint density at radius 3 is 2.55 bits per heavy atom. The van der Waals surface area contributed by atoms with E-state index in [2.05, 4.69) is 4.98 Å². The van der Waals surface area contributed by atoms with Crippen molar-refractivity contribution in [3.05, 3.63) is 58.9 Å². The Labute approximate surface area is 179 Å². The lowest BCUT2D eigenvalue weighted by atomic mass is 9.94. The summed E-state index contributed by atoms with van der Waals surface area (Å²) in [6.45, 7) is 2.32. The maximum absolute atomic E-state index is 13.2. The second-order valence-electron chi connectivity index (χ2n) is 8.44. The summed E-state index contributed by atoms with van der Waals surface area (Å²) in [5.74, 6) is 0.0969. The van der Waals surface area contributed by atoms with Gasteiger partial charge in [0.1, 0.15) is 0 Å². The van der Waals surface area contributed by atoms with Crippen molar-refractivity contribution in [3.8, 4) is 0 Å². The molecule has 5 rings (SSSR count). The van der Waals surface area contributed by atoms with Crippen LogP contribution in [-0.4, -0.2) is 57.3 Å². The van der Waals surface area contributed by atoms with Crippen LogP contribution in [0.3, 0.4) is 0 Å². The molecule has 31 heavy (non-hydrogen) atoms. The van der Waals surface area contributed by atoms with Gasteiger partial charge in [-0.2, -0.15) is 0 Å². The Morgan fingerprint density at radius 2 is 1.77 bits per heavy atom. The summed E-state index contributed by atoms with van der Waals surface area (Å²) < 4.78 is 7.07. The molecule has 1 atom stereocenters. The summed E-state index contributed by atoms with van der Waals surface area (Å²) in [6, 6.07) is 11.1. The fourth-order valence-electron chi connectivity index (χ4n) is 4.96. The number of likely N-dealkylation sites (tertiary alicyclic amines) is 2. The van der Waals surface area contributed by atoms with Crippen molar-refractivity contribution < 1.29 is 14.0 Å². The molecule has 4 heterocycles. The largest absolute Gasteiger partial charge is 0.459 e. The first kappa shape index (κ1) is 19.7. The van der Waals surface area contributed by atoms with E-state index in [9.17, 15) is 14.4 Å². The maximum Gasteiger partial charge on any atom is 0.326 e. The van der Waals surface area contributed by atoms with Gasteiger partial charge in [0.25, 0.3) is 5.91 Å². The minimum absolute atomic E-state index is 0.0797. The van der Waals surface area contributed by atoms with Crippen LogP contribution in [0.2, 0.25) is 0 Å². The van der Waals surface area contributed by atoms with Crippen molar-refractivity contribution in [3.63, 3.8) is 0 Å². The smallest absolute Gasteiger partial charge is 0.326 e. The van der Waals surface area contributed by atoms with Crippen LogP contribution in [0.25, 0.3) is 11.0 Å². The number of hydrogen-bond donors (Lipinski definition) is 1. The van der Waals surface area contributed by atoms with Crippen molar-refractivity contribution in [2.75, 3.05) is 26.2 Å². The monoisotopic (exact) mass is 422 g/mol. The van der Waals surface area contributed by atoms with Crippen LogP contribution in [0, 0.1) is 5.92 Å². The molecular weight excluding hydrogens is 396 g/mol. The van der Waals surface area contributed by atoms with E-state index in [0.29, 0.717) is 31.9 Å². The van der Waals surface area contributed by atoms with Crippen molar-refractivity contribution in [2.24, 2.45) is 5.92 Å². The van der Waals surface area contributed by atoms with Gasteiger partial charge in [0.15, 0.2) is 5.76 Å². The number of carbonyl (C=O) groups is 2. The van der Waals surface area contributed by atoms with E-state index in [1.165, 1.54) is 6.26 Å². The second-order valence-corrected chi connectivity index (χ2v) is 8.44. The first-order chi connectivity index (χ1) is 15.1. The number of H-pyrrole nitrogens is 1. The fourth-order valence-corrected chi connectivity index (χ4v) is 4.96. The fraction of sp³-hybridized carbons (Fsp3) is 0.435. The number of fused-ring (bicyclic) bond motifs is 1. The minimum atomic E-state index is -0.181. The highest BCUT2D eigenvalue weighted by molar-refractivity contribution is 5.92. The lowest BCUT2D eigenvalue weighted by Crippen LogP contribution is -2.49. The van der Waals surface area contributed by atoms with E-state index >= 15 is 0 Å². The zero-order valence-corrected chi connectivity index (χ0v) is 17.3. The van der Waals surface area contributed by atoms with Gasteiger partial charge in [0.2, 0.25) is 5.91 Å². The van der Waals surface area contributed by atoms with Gasteiger partial charge in [-0.15, -0.1) is 0 Å². The van der Waals surface area contributed by atoms with Gasteiger partial charge >= 0.3 is 5.69 Å². The molecule has 0 saturated carbocycles. The number of benzene rings is 1.